The van der Waals surface area contributed by atoms with Crippen LogP contribution in [0.25, 0.3) is 0 Å². The number of hydrogen-bond donors (Lipinski definition) is 2. The van der Waals surface area contributed by atoms with Crippen LogP contribution < -0.4 is 5.32 Å². The highest BCUT2D eigenvalue weighted by atomic mass is 19.4. The summed E-state index contributed by atoms with van der Waals surface area (Å²) in [6.07, 6.45) is -5.34. The average Bonchev–Trinajstić information content (AvgIpc) is 1.99. The Balaban J connectivity index is 3.44. The van der Waals surface area contributed by atoms with E-state index in [2.05, 4.69) is 5.32 Å². The molecule has 0 aromatic heterocycles. The van der Waals surface area contributed by atoms with Crippen LogP contribution in [0.4, 0.5) is 13.2 Å². The Hall–Kier alpha value is -1.27. The molecule has 0 aromatic rings. The predicted molar refractivity (Wildman–Crippen MR) is 45.2 cm³/mol. The van der Waals surface area contributed by atoms with Crippen molar-refractivity contribution < 1.29 is 27.9 Å². The van der Waals surface area contributed by atoms with E-state index >= 15 is 0 Å². The molecule has 0 aliphatic rings. The molecule has 0 heterocycles. The maximum Gasteiger partial charge on any atom is 0.397 e. The predicted octanol–water partition coefficient (Wildman–Crippen LogP) is 1.31. The lowest BCUT2D eigenvalue weighted by atomic mass is 10.2. The Kier molecular flexibility index (Phi) is 5.73. The number of halogens is 3. The van der Waals surface area contributed by atoms with Crippen LogP contribution >= 0.6 is 0 Å². The number of rotatable bonds is 6. The van der Waals surface area contributed by atoms with Gasteiger partial charge in [0.2, 0.25) is 5.91 Å². The topological polar surface area (TPSA) is 66.4 Å². The SMILES string of the molecule is O=C(O)CCCCNC(=O)CC(F)(F)F. The van der Waals surface area contributed by atoms with Crippen molar-refractivity contribution in [1.82, 2.24) is 5.32 Å². The van der Waals surface area contributed by atoms with Gasteiger partial charge in [0.25, 0.3) is 0 Å². The van der Waals surface area contributed by atoms with E-state index in [-0.39, 0.29) is 13.0 Å². The van der Waals surface area contributed by atoms with Gasteiger partial charge in [-0.3, -0.25) is 9.59 Å². The molecule has 0 rings (SSSR count). The van der Waals surface area contributed by atoms with Crippen LogP contribution in [0.3, 0.4) is 0 Å². The van der Waals surface area contributed by atoms with Gasteiger partial charge in [-0.05, 0) is 12.8 Å². The zero-order valence-electron chi connectivity index (χ0n) is 7.93. The average molecular weight is 227 g/mol. The summed E-state index contributed by atoms with van der Waals surface area (Å²) in [5, 5.41) is 10.3. The maximum atomic E-state index is 11.6. The number of carbonyl (C=O) groups excluding carboxylic acids is 1. The second-order valence-corrected chi connectivity index (χ2v) is 2.99. The zero-order valence-corrected chi connectivity index (χ0v) is 7.93. The molecule has 1 amide bonds. The molecular weight excluding hydrogens is 215 g/mol. The lowest BCUT2D eigenvalue weighted by molar-refractivity contribution is -0.153. The molecular formula is C8H12F3NO3. The molecule has 0 saturated carbocycles. The standard InChI is InChI=1S/C8H12F3NO3/c9-8(10,11)5-6(13)12-4-2-1-3-7(14)15/h1-5H2,(H,12,13)(H,14,15). The van der Waals surface area contributed by atoms with Crippen LogP contribution in [-0.4, -0.2) is 29.7 Å². The third kappa shape index (κ3) is 10.7. The van der Waals surface area contributed by atoms with E-state index in [1.165, 1.54) is 0 Å². The maximum absolute atomic E-state index is 11.6. The molecule has 15 heavy (non-hydrogen) atoms. The molecule has 4 nitrogen and oxygen atoms in total. The van der Waals surface area contributed by atoms with Crippen LogP contribution in [0.15, 0.2) is 0 Å². The third-order valence-electron chi connectivity index (χ3n) is 1.50. The number of aliphatic carboxylic acids is 1. The molecule has 0 saturated heterocycles. The van der Waals surface area contributed by atoms with Crippen LogP contribution in [0, 0.1) is 0 Å². The van der Waals surface area contributed by atoms with Gasteiger partial charge in [0.05, 0.1) is 0 Å². The number of amides is 1. The van der Waals surface area contributed by atoms with Crippen molar-refractivity contribution in [2.45, 2.75) is 31.9 Å². The van der Waals surface area contributed by atoms with Crippen molar-refractivity contribution in [3.63, 3.8) is 0 Å². The monoisotopic (exact) mass is 227 g/mol. The van der Waals surface area contributed by atoms with E-state index in [0.717, 1.165) is 0 Å². The van der Waals surface area contributed by atoms with E-state index in [1.54, 1.807) is 0 Å². The second kappa shape index (κ2) is 6.26. The fourth-order valence-corrected chi connectivity index (χ4v) is 0.874. The van der Waals surface area contributed by atoms with Gasteiger partial charge in [0, 0.05) is 13.0 Å². The van der Waals surface area contributed by atoms with Crippen molar-refractivity contribution in [3.05, 3.63) is 0 Å². The minimum Gasteiger partial charge on any atom is -0.481 e. The Labute approximate surface area is 84.5 Å². The summed E-state index contributed by atoms with van der Waals surface area (Å²) >= 11 is 0. The number of carboxylic acid groups (broad SMARTS) is 1. The summed E-state index contributed by atoms with van der Waals surface area (Å²) in [5.74, 6) is -2.05. The molecule has 0 unspecified atom stereocenters. The van der Waals surface area contributed by atoms with Gasteiger partial charge >= 0.3 is 12.1 Å². The van der Waals surface area contributed by atoms with Gasteiger partial charge in [-0.15, -0.1) is 0 Å². The van der Waals surface area contributed by atoms with E-state index in [4.69, 9.17) is 5.11 Å². The van der Waals surface area contributed by atoms with Gasteiger partial charge < -0.3 is 10.4 Å². The molecule has 0 aliphatic carbocycles. The molecule has 0 radical (unpaired) electrons. The van der Waals surface area contributed by atoms with Crippen LogP contribution in [-0.2, 0) is 9.59 Å². The van der Waals surface area contributed by atoms with Crippen molar-refractivity contribution in [1.29, 1.82) is 0 Å². The van der Waals surface area contributed by atoms with E-state index in [1.807, 2.05) is 0 Å². The molecule has 7 heteroatoms. The van der Waals surface area contributed by atoms with Crippen molar-refractivity contribution >= 4 is 11.9 Å². The number of carbonyl (C=O) groups is 2. The number of hydrogen-bond acceptors (Lipinski definition) is 2. The first-order valence-electron chi connectivity index (χ1n) is 4.36. The van der Waals surface area contributed by atoms with Crippen LogP contribution in [0.1, 0.15) is 25.7 Å². The fraction of sp³-hybridized carbons (Fsp3) is 0.750. The minimum absolute atomic E-state index is 0.0465. The molecule has 0 aromatic carbocycles. The molecule has 2 N–H and O–H groups in total. The lowest BCUT2D eigenvalue weighted by Gasteiger charge is -2.06. The highest BCUT2D eigenvalue weighted by Crippen LogP contribution is 2.18. The second-order valence-electron chi connectivity index (χ2n) is 2.99. The summed E-state index contributed by atoms with van der Waals surface area (Å²) in [7, 11) is 0. The highest BCUT2D eigenvalue weighted by molar-refractivity contribution is 5.76. The number of carboxylic acids is 1. The van der Waals surface area contributed by atoms with E-state index < -0.39 is 24.5 Å². The molecule has 0 spiro atoms. The third-order valence-corrected chi connectivity index (χ3v) is 1.50. The summed E-state index contributed by atoms with van der Waals surface area (Å²) in [6.45, 7) is 0.0716. The summed E-state index contributed by atoms with van der Waals surface area (Å²) in [5.41, 5.74) is 0. The van der Waals surface area contributed by atoms with Gasteiger partial charge in [0.15, 0.2) is 0 Å². The number of alkyl halides is 3. The van der Waals surface area contributed by atoms with Crippen molar-refractivity contribution in [2.75, 3.05) is 6.54 Å². The molecule has 0 bridgehead atoms. The summed E-state index contributed by atoms with van der Waals surface area (Å²) in [4.78, 5) is 20.7. The van der Waals surface area contributed by atoms with Gasteiger partial charge in [-0.2, -0.15) is 13.2 Å². The Morgan fingerprint density at radius 3 is 2.27 bits per heavy atom. The first-order valence-corrected chi connectivity index (χ1v) is 4.36. The van der Waals surface area contributed by atoms with Gasteiger partial charge in [-0.1, -0.05) is 0 Å². The van der Waals surface area contributed by atoms with Gasteiger partial charge in [0.1, 0.15) is 6.42 Å². The molecule has 0 atom stereocenters. The normalized spacial score (nSPS) is 11.1. The number of nitrogens with one attached hydrogen (secondary N) is 1. The first kappa shape index (κ1) is 13.7. The van der Waals surface area contributed by atoms with Gasteiger partial charge in [-0.25, -0.2) is 0 Å². The van der Waals surface area contributed by atoms with Crippen molar-refractivity contribution in [2.24, 2.45) is 0 Å². The van der Waals surface area contributed by atoms with Crippen LogP contribution in [0.5, 0.6) is 0 Å². The quantitative estimate of drug-likeness (QED) is 0.672. The summed E-state index contributed by atoms with van der Waals surface area (Å²) < 4.78 is 34.9. The smallest absolute Gasteiger partial charge is 0.397 e. The zero-order chi connectivity index (χ0) is 11.9. The Morgan fingerprint density at radius 1 is 1.20 bits per heavy atom. The highest BCUT2D eigenvalue weighted by Gasteiger charge is 2.30. The van der Waals surface area contributed by atoms with Crippen LogP contribution in [0.2, 0.25) is 0 Å². The molecule has 0 fully saturated rings. The number of unbranched alkanes of at least 4 members (excludes halogenated alkanes) is 1. The molecule has 0 aliphatic heterocycles. The lowest BCUT2D eigenvalue weighted by Crippen LogP contribution is -2.29. The Morgan fingerprint density at radius 2 is 1.80 bits per heavy atom. The summed E-state index contributed by atoms with van der Waals surface area (Å²) in [6, 6.07) is 0. The van der Waals surface area contributed by atoms with Crippen molar-refractivity contribution in [3.8, 4) is 0 Å². The first-order chi connectivity index (χ1) is 6.81. The Bertz CT molecular complexity index is 228. The van der Waals surface area contributed by atoms with E-state index in [9.17, 15) is 22.8 Å². The fourth-order valence-electron chi connectivity index (χ4n) is 0.874. The largest absolute Gasteiger partial charge is 0.481 e. The minimum atomic E-state index is -4.49. The van der Waals surface area contributed by atoms with E-state index in [0.29, 0.717) is 12.8 Å². The molecule has 88 valence electrons.